The number of fused-ring (bicyclic) bond motifs is 1. The molecule has 0 aliphatic carbocycles. The van der Waals surface area contributed by atoms with Gasteiger partial charge in [0, 0.05) is 25.0 Å². The Balaban J connectivity index is 1.47. The summed E-state index contributed by atoms with van der Waals surface area (Å²) in [6.45, 7) is 6.42. The van der Waals surface area contributed by atoms with Gasteiger partial charge in [0.15, 0.2) is 0 Å². The van der Waals surface area contributed by atoms with E-state index in [9.17, 15) is 9.59 Å². The molecule has 1 fully saturated rings. The topological polar surface area (TPSA) is 93.8 Å². The Hall–Kier alpha value is -3.36. The van der Waals surface area contributed by atoms with Crippen molar-refractivity contribution in [1.29, 1.82) is 0 Å². The zero-order valence-electron chi connectivity index (χ0n) is 17.2. The van der Waals surface area contributed by atoms with Crippen LogP contribution in [0.25, 0.3) is 5.78 Å². The quantitative estimate of drug-likeness (QED) is 0.669. The zero-order valence-corrected chi connectivity index (χ0v) is 17.2. The fourth-order valence-corrected chi connectivity index (χ4v) is 3.71. The van der Waals surface area contributed by atoms with Crippen molar-refractivity contribution in [3.63, 3.8) is 0 Å². The third-order valence-corrected chi connectivity index (χ3v) is 5.16. The number of hydrogen-bond acceptors (Lipinski definition) is 6. The molecule has 4 rings (SSSR count). The summed E-state index contributed by atoms with van der Waals surface area (Å²) in [6.07, 6.45) is 4.02. The number of nitrogens with one attached hydrogen (secondary N) is 1. The maximum absolute atomic E-state index is 12.6. The van der Waals surface area contributed by atoms with E-state index in [-0.39, 0.29) is 12.5 Å². The summed E-state index contributed by atoms with van der Waals surface area (Å²) in [5, 5.41) is 7.02. The van der Waals surface area contributed by atoms with E-state index in [2.05, 4.69) is 27.2 Å². The molecular weight excluding hydrogens is 384 g/mol. The molecule has 1 aliphatic rings. The number of carbonyl (C=O) groups is 1. The van der Waals surface area contributed by atoms with Crippen molar-refractivity contribution in [2.75, 3.05) is 29.9 Å². The Morgan fingerprint density at radius 3 is 2.80 bits per heavy atom. The van der Waals surface area contributed by atoms with Crippen molar-refractivity contribution in [3.8, 4) is 5.75 Å². The minimum atomic E-state index is -0.391. The number of piperidine rings is 1. The highest BCUT2D eigenvalue weighted by Crippen LogP contribution is 2.21. The molecule has 3 heterocycles. The van der Waals surface area contributed by atoms with Gasteiger partial charge in [-0.3, -0.25) is 4.79 Å². The van der Waals surface area contributed by atoms with Crippen LogP contribution >= 0.6 is 0 Å². The Morgan fingerprint density at radius 2 is 2.07 bits per heavy atom. The summed E-state index contributed by atoms with van der Waals surface area (Å²) in [5.41, 5.74) is 0.234. The molecule has 1 amide bonds. The molecule has 0 spiro atoms. The van der Waals surface area contributed by atoms with Gasteiger partial charge in [-0.05, 0) is 56.0 Å². The second kappa shape index (κ2) is 8.56. The molecule has 1 aromatic carbocycles. The summed E-state index contributed by atoms with van der Waals surface area (Å²) in [5.74, 6) is 2.12. The Kier molecular flexibility index (Phi) is 5.69. The Labute approximate surface area is 174 Å². The fraction of sp³-hybridized carbons (Fsp3) is 0.429. The Morgan fingerprint density at radius 1 is 1.27 bits per heavy atom. The maximum atomic E-state index is 12.6. The number of ether oxygens (including phenoxy) is 1. The summed E-state index contributed by atoms with van der Waals surface area (Å²) < 4.78 is 7.88. The highest BCUT2D eigenvalue weighted by molar-refractivity contribution is 5.90. The van der Waals surface area contributed by atoms with Crippen LogP contribution in [0.2, 0.25) is 0 Å². The molecule has 30 heavy (non-hydrogen) atoms. The third-order valence-electron chi connectivity index (χ3n) is 5.16. The van der Waals surface area contributed by atoms with Crippen molar-refractivity contribution in [2.45, 2.75) is 33.2 Å². The molecule has 1 aliphatic heterocycles. The van der Waals surface area contributed by atoms with Crippen molar-refractivity contribution < 1.29 is 9.53 Å². The lowest BCUT2D eigenvalue weighted by molar-refractivity contribution is -0.117. The van der Waals surface area contributed by atoms with Crippen LogP contribution in [-0.2, 0) is 11.3 Å². The average Bonchev–Trinajstić information content (AvgIpc) is 3.04. The SMILES string of the molecule is CCOc1ccc(NC(=O)Cn2nc3nc(N4CCCC(C)C4)ccn3c2=O)cc1. The van der Waals surface area contributed by atoms with Crippen molar-refractivity contribution in [2.24, 2.45) is 5.92 Å². The van der Waals surface area contributed by atoms with E-state index in [0.29, 0.717) is 24.0 Å². The number of hydrogen-bond donors (Lipinski definition) is 1. The predicted molar refractivity (Wildman–Crippen MR) is 114 cm³/mol. The van der Waals surface area contributed by atoms with E-state index in [1.807, 2.05) is 13.0 Å². The van der Waals surface area contributed by atoms with Gasteiger partial charge < -0.3 is 15.0 Å². The van der Waals surface area contributed by atoms with E-state index in [0.717, 1.165) is 35.8 Å². The van der Waals surface area contributed by atoms with Crippen LogP contribution in [0.1, 0.15) is 26.7 Å². The number of aromatic nitrogens is 4. The molecule has 0 saturated carbocycles. The van der Waals surface area contributed by atoms with Crippen LogP contribution in [0.3, 0.4) is 0 Å². The van der Waals surface area contributed by atoms with Gasteiger partial charge in [0.05, 0.1) is 6.61 Å². The van der Waals surface area contributed by atoms with Gasteiger partial charge in [0.2, 0.25) is 5.91 Å². The number of carbonyl (C=O) groups excluding carboxylic acids is 1. The van der Waals surface area contributed by atoms with Crippen molar-refractivity contribution in [1.82, 2.24) is 19.2 Å². The standard InChI is InChI=1S/C21H26N6O3/c1-3-30-17-8-6-16(7-9-17)22-19(28)14-27-21(29)26-12-10-18(23-20(26)24-27)25-11-4-5-15(2)13-25/h6-10,12,15H,3-5,11,13-14H2,1-2H3,(H,22,28). The largest absolute Gasteiger partial charge is 0.494 e. The number of rotatable bonds is 6. The summed E-state index contributed by atoms with van der Waals surface area (Å²) in [6, 6.07) is 8.90. The number of amides is 1. The molecule has 1 atom stereocenters. The van der Waals surface area contributed by atoms with E-state index in [1.54, 1.807) is 30.5 Å². The van der Waals surface area contributed by atoms with Crippen LogP contribution in [0.5, 0.6) is 5.75 Å². The summed E-state index contributed by atoms with van der Waals surface area (Å²) in [4.78, 5) is 31.7. The van der Waals surface area contributed by atoms with Gasteiger partial charge in [-0.15, -0.1) is 5.10 Å². The van der Waals surface area contributed by atoms with E-state index < -0.39 is 5.69 Å². The minimum Gasteiger partial charge on any atom is -0.494 e. The number of nitrogens with zero attached hydrogens (tertiary/aromatic N) is 5. The van der Waals surface area contributed by atoms with Crippen molar-refractivity contribution in [3.05, 3.63) is 47.0 Å². The van der Waals surface area contributed by atoms with Gasteiger partial charge in [0.1, 0.15) is 18.1 Å². The molecule has 158 valence electrons. The molecule has 0 bridgehead atoms. The van der Waals surface area contributed by atoms with Crippen molar-refractivity contribution >= 4 is 23.2 Å². The number of anilines is 2. The first kappa shape index (κ1) is 19.9. The van der Waals surface area contributed by atoms with Gasteiger partial charge in [-0.1, -0.05) is 6.92 Å². The maximum Gasteiger partial charge on any atom is 0.352 e. The predicted octanol–water partition coefficient (Wildman–Crippen LogP) is 2.16. The van der Waals surface area contributed by atoms with Crippen LogP contribution in [-0.4, -0.2) is 44.8 Å². The second-order valence-electron chi connectivity index (χ2n) is 7.59. The smallest absolute Gasteiger partial charge is 0.352 e. The molecule has 0 radical (unpaired) electrons. The van der Waals surface area contributed by atoms with Gasteiger partial charge in [-0.2, -0.15) is 4.98 Å². The lowest BCUT2D eigenvalue weighted by atomic mass is 10.0. The molecule has 1 N–H and O–H groups in total. The van der Waals surface area contributed by atoms with Gasteiger partial charge in [-0.25, -0.2) is 13.9 Å². The fourth-order valence-electron chi connectivity index (χ4n) is 3.71. The molecule has 2 aromatic heterocycles. The van der Waals surface area contributed by atoms with Gasteiger partial charge >= 0.3 is 5.69 Å². The van der Waals surface area contributed by atoms with Crippen LogP contribution < -0.4 is 20.6 Å². The first-order chi connectivity index (χ1) is 14.5. The van der Waals surface area contributed by atoms with Crippen LogP contribution in [0.15, 0.2) is 41.3 Å². The second-order valence-corrected chi connectivity index (χ2v) is 7.59. The van der Waals surface area contributed by atoms with E-state index >= 15 is 0 Å². The molecule has 1 unspecified atom stereocenters. The molecule has 9 nitrogen and oxygen atoms in total. The first-order valence-electron chi connectivity index (χ1n) is 10.3. The number of benzene rings is 1. The Bertz CT molecular complexity index is 1090. The normalized spacial score (nSPS) is 16.6. The van der Waals surface area contributed by atoms with E-state index in [4.69, 9.17) is 4.74 Å². The highest BCUT2D eigenvalue weighted by Gasteiger charge is 2.19. The molecular formula is C21H26N6O3. The lowest BCUT2D eigenvalue weighted by Crippen LogP contribution is -2.34. The van der Waals surface area contributed by atoms with Crippen LogP contribution in [0.4, 0.5) is 11.5 Å². The van der Waals surface area contributed by atoms with E-state index in [1.165, 1.54) is 10.8 Å². The zero-order chi connectivity index (χ0) is 21.1. The first-order valence-corrected chi connectivity index (χ1v) is 10.3. The highest BCUT2D eigenvalue weighted by atomic mass is 16.5. The van der Waals surface area contributed by atoms with Crippen LogP contribution in [0, 0.1) is 5.92 Å². The minimum absolute atomic E-state index is 0.189. The van der Waals surface area contributed by atoms with Gasteiger partial charge in [0.25, 0.3) is 5.78 Å². The summed E-state index contributed by atoms with van der Waals surface area (Å²) >= 11 is 0. The molecule has 1 saturated heterocycles. The lowest BCUT2D eigenvalue weighted by Gasteiger charge is -2.31. The summed E-state index contributed by atoms with van der Waals surface area (Å²) in [7, 11) is 0. The average molecular weight is 410 g/mol. The molecule has 9 heteroatoms. The third kappa shape index (κ3) is 4.29. The monoisotopic (exact) mass is 410 g/mol. The molecule has 3 aromatic rings.